The number of esters is 1. The largest absolute Gasteiger partial charge is 0.461 e. The Morgan fingerprint density at radius 1 is 1.28 bits per heavy atom. The van der Waals surface area contributed by atoms with Crippen molar-refractivity contribution < 1.29 is 9.53 Å². The highest BCUT2D eigenvalue weighted by molar-refractivity contribution is 5.71. The van der Waals surface area contributed by atoms with Gasteiger partial charge in [-0.3, -0.25) is 9.69 Å². The van der Waals surface area contributed by atoms with Gasteiger partial charge in [-0.05, 0) is 33.7 Å². The van der Waals surface area contributed by atoms with Crippen molar-refractivity contribution in [3.05, 3.63) is 0 Å². The molecule has 4 heteroatoms. The van der Waals surface area contributed by atoms with E-state index in [0.717, 1.165) is 25.7 Å². The highest BCUT2D eigenvalue weighted by Gasteiger charge is 2.47. The second-order valence-corrected chi connectivity index (χ2v) is 5.98. The number of hydrogen-bond acceptors (Lipinski definition) is 4. The fraction of sp³-hybridized carbons (Fsp3) is 0.929. The van der Waals surface area contributed by atoms with E-state index in [1.807, 2.05) is 0 Å². The van der Waals surface area contributed by atoms with Crippen LogP contribution in [0.5, 0.6) is 0 Å². The Morgan fingerprint density at radius 2 is 1.72 bits per heavy atom. The minimum absolute atomic E-state index is 0.00727. The van der Waals surface area contributed by atoms with E-state index in [-0.39, 0.29) is 29.7 Å². The normalized spacial score (nSPS) is 37.6. The van der Waals surface area contributed by atoms with E-state index in [0.29, 0.717) is 0 Å². The molecule has 1 aliphatic heterocycles. The first-order chi connectivity index (χ1) is 8.31. The van der Waals surface area contributed by atoms with Gasteiger partial charge in [0.1, 0.15) is 6.10 Å². The molecule has 0 amide bonds. The summed E-state index contributed by atoms with van der Waals surface area (Å²) >= 11 is 0. The molecule has 0 aromatic heterocycles. The molecule has 18 heavy (non-hydrogen) atoms. The van der Waals surface area contributed by atoms with Gasteiger partial charge >= 0.3 is 5.97 Å². The van der Waals surface area contributed by atoms with Crippen LogP contribution in [-0.2, 0) is 9.53 Å². The van der Waals surface area contributed by atoms with Crippen molar-refractivity contribution in [1.82, 2.24) is 4.90 Å². The number of ether oxygens (including phenoxy) is 1. The van der Waals surface area contributed by atoms with Crippen molar-refractivity contribution in [3.8, 4) is 0 Å². The Kier molecular flexibility index (Phi) is 4.78. The molecule has 1 aliphatic rings. The maximum Gasteiger partial charge on any atom is 0.319 e. The van der Waals surface area contributed by atoms with Gasteiger partial charge in [0.2, 0.25) is 0 Å². The summed E-state index contributed by atoms with van der Waals surface area (Å²) in [7, 11) is 2.19. The first kappa shape index (κ1) is 15.4. The van der Waals surface area contributed by atoms with Gasteiger partial charge in [0, 0.05) is 23.9 Å². The van der Waals surface area contributed by atoms with Crippen LogP contribution in [0.4, 0.5) is 0 Å². The van der Waals surface area contributed by atoms with Crippen LogP contribution in [0.15, 0.2) is 0 Å². The molecule has 0 aromatic rings. The van der Waals surface area contributed by atoms with Gasteiger partial charge in [-0.15, -0.1) is 0 Å². The maximum absolute atomic E-state index is 11.4. The number of hydrogen-bond donors (Lipinski definition) is 1. The Bertz CT molecular complexity index is 288. The monoisotopic (exact) mass is 256 g/mol. The Balaban J connectivity index is 2.89. The summed E-state index contributed by atoms with van der Waals surface area (Å²) in [6.45, 7) is 8.87. The van der Waals surface area contributed by atoms with Crippen molar-refractivity contribution in [3.63, 3.8) is 0 Å². The third kappa shape index (κ3) is 2.86. The molecule has 0 aromatic carbocycles. The molecule has 2 atom stereocenters. The molecule has 1 rings (SSSR count). The lowest BCUT2D eigenvalue weighted by atomic mass is 9.74. The molecule has 4 nitrogen and oxygen atoms in total. The van der Waals surface area contributed by atoms with Crippen molar-refractivity contribution in [2.75, 3.05) is 13.6 Å². The Labute approximate surface area is 111 Å². The molecule has 2 unspecified atom stereocenters. The quantitative estimate of drug-likeness (QED) is 0.781. The fourth-order valence-corrected chi connectivity index (χ4v) is 3.06. The third-order valence-electron chi connectivity index (χ3n) is 4.94. The van der Waals surface area contributed by atoms with Crippen molar-refractivity contribution in [2.24, 2.45) is 5.73 Å². The average molecular weight is 256 g/mol. The van der Waals surface area contributed by atoms with E-state index < -0.39 is 0 Å². The first-order valence-electron chi connectivity index (χ1n) is 6.95. The highest BCUT2D eigenvalue weighted by Crippen LogP contribution is 2.41. The lowest BCUT2D eigenvalue weighted by Gasteiger charge is -2.55. The van der Waals surface area contributed by atoms with Gasteiger partial charge in [0.15, 0.2) is 0 Å². The summed E-state index contributed by atoms with van der Waals surface area (Å²) in [5.41, 5.74) is 5.50. The van der Waals surface area contributed by atoms with E-state index in [9.17, 15) is 4.79 Å². The van der Waals surface area contributed by atoms with Crippen LogP contribution in [0.25, 0.3) is 0 Å². The van der Waals surface area contributed by atoms with E-state index in [1.54, 1.807) is 0 Å². The summed E-state index contributed by atoms with van der Waals surface area (Å²) in [5.74, 6) is -0.290. The number of piperidine rings is 1. The topological polar surface area (TPSA) is 55.6 Å². The van der Waals surface area contributed by atoms with Crippen LogP contribution in [0, 0.1) is 0 Å². The summed E-state index contributed by atoms with van der Waals surface area (Å²) in [4.78, 5) is 13.9. The maximum atomic E-state index is 11.4. The molecule has 2 N–H and O–H groups in total. The van der Waals surface area contributed by atoms with Gasteiger partial charge in [0.05, 0.1) is 6.54 Å². The summed E-state index contributed by atoms with van der Waals surface area (Å²) in [5, 5.41) is 0. The van der Waals surface area contributed by atoms with Gasteiger partial charge in [-0.25, -0.2) is 0 Å². The molecular weight excluding hydrogens is 228 g/mol. The average Bonchev–Trinajstić information content (AvgIpc) is 2.35. The van der Waals surface area contributed by atoms with E-state index >= 15 is 0 Å². The second kappa shape index (κ2) is 5.57. The lowest BCUT2D eigenvalue weighted by Crippen LogP contribution is -2.62. The molecule has 1 fully saturated rings. The van der Waals surface area contributed by atoms with Crippen LogP contribution < -0.4 is 5.73 Å². The zero-order valence-corrected chi connectivity index (χ0v) is 12.5. The van der Waals surface area contributed by atoms with E-state index in [4.69, 9.17) is 10.5 Å². The van der Waals surface area contributed by atoms with Crippen molar-refractivity contribution >= 4 is 5.97 Å². The molecular formula is C14H28N2O2. The number of nitrogens with two attached hydrogens (primary N) is 1. The minimum atomic E-state index is -0.290. The van der Waals surface area contributed by atoms with E-state index in [2.05, 4.69) is 39.6 Å². The molecule has 1 heterocycles. The SMILES string of the molecule is CCC1(C)CC(OC(=O)CN)CC(C)(CC)N1C. The number of nitrogens with zero attached hydrogens (tertiary/aromatic N) is 1. The highest BCUT2D eigenvalue weighted by atomic mass is 16.5. The van der Waals surface area contributed by atoms with Crippen LogP contribution in [-0.4, -0.2) is 41.6 Å². The zero-order chi connectivity index (χ0) is 14.0. The number of rotatable bonds is 4. The first-order valence-corrected chi connectivity index (χ1v) is 6.95. The standard InChI is InChI=1S/C14H28N2O2/c1-6-13(3)8-11(18-12(17)10-15)9-14(4,7-2)16(13)5/h11H,6-10,15H2,1-5H3. The van der Waals surface area contributed by atoms with Crippen LogP contribution in [0.2, 0.25) is 0 Å². The minimum Gasteiger partial charge on any atom is -0.461 e. The number of likely N-dealkylation sites (tertiary alicyclic amines) is 1. The predicted molar refractivity (Wildman–Crippen MR) is 73.3 cm³/mol. The van der Waals surface area contributed by atoms with Gasteiger partial charge in [0.25, 0.3) is 0 Å². The third-order valence-corrected chi connectivity index (χ3v) is 4.94. The van der Waals surface area contributed by atoms with Crippen molar-refractivity contribution in [2.45, 2.75) is 70.6 Å². The summed E-state index contributed by atoms with van der Waals surface area (Å²) in [6, 6.07) is 0. The van der Waals surface area contributed by atoms with Crippen LogP contribution in [0.1, 0.15) is 53.4 Å². The predicted octanol–water partition coefficient (Wildman–Crippen LogP) is 1.92. The van der Waals surface area contributed by atoms with Gasteiger partial charge in [-0.1, -0.05) is 13.8 Å². The molecule has 0 aliphatic carbocycles. The summed E-state index contributed by atoms with van der Waals surface area (Å²) < 4.78 is 5.49. The molecule has 0 saturated carbocycles. The molecule has 0 bridgehead atoms. The number of carbonyl (C=O) groups is 1. The smallest absolute Gasteiger partial charge is 0.319 e. The van der Waals surface area contributed by atoms with Crippen LogP contribution >= 0.6 is 0 Å². The van der Waals surface area contributed by atoms with E-state index in [1.165, 1.54) is 0 Å². The Morgan fingerprint density at radius 3 is 2.06 bits per heavy atom. The van der Waals surface area contributed by atoms with Gasteiger partial charge < -0.3 is 10.5 Å². The summed E-state index contributed by atoms with van der Waals surface area (Å²) in [6.07, 6.45) is 3.88. The molecule has 106 valence electrons. The fourth-order valence-electron chi connectivity index (χ4n) is 3.06. The second-order valence-electron chi connectivity index (χ2n) is 5.98. The lowest BCUT2D eigenvalue weighted by molar-refractivity contribution is -0.159. The Hall–Kier alpha value is -0.610. The molecule has 0 radical (unpaired) electrons. The van der Waals surface area contributed by atoms with Gasteiger partial charge in [-0.2, -0.15) is 0 Å². The molecule has 0 spiro atoms. The van der Waals surface area contributed by atoms with Crippen molar-refractivity contribution in [1.29, 1.82) is 0 Å². The van der Waals surface area contributed by atoms with Crippen LogP contribution in [0.3, 0.4) is 0 Å². The zero-order valence-electron chi connectivity index (χ0n) is 12.5. The number of carbonyl (C=O) groups excluding carboxylic acids is 1. The molecule has 1 saturated heterocycles.